The van der Waals surface area contributed by atoms with Gasteiger partial charge < -0.3 is 20.7 Å². The summed E-state index contributed by atoms with van der Waals surface area (Å²) in [5.74, 6) is -1.66. The predicted molar refractivity (Wildman–Crippen MR) is 123 cm³/mol. The minimum Gasteiger partial charge on any atom is -0.491 e. The van der Waals surface area contributed by atoms with Crippen LogP contribution in [0.25, 0.3) is 0 Å². The smallest absolute Gasteiger partial charge is 0.323 e. The van der Waals surface area contributed by atoms with E-state index >= 15 is 0 Å². The summed E-state index contributed by atoms with van der Waals surface area (Å²) in [5, 5.41) is 8.38. The van der Waals surface area contributed by atoms with Gasteiger partial charge in [-0.05, 0) is 55.3 Å². The molecule has 0 spiro atoms. The summed E-state index contributed by atoms with van der Waals surface area (Å²) in [6, 6.07) is 18.8. The van der Waals surface area contributed by atoms with E-state index in [-0.39, 0.29) is 36.8 Å². The van der Waals surface area contributed by atoms with Crippen LogP contribution < -0.4 is 20.7 Å². The van der Waals surface area contributed by atoms with Crippen LogP contribution in [0.5, 0.6) is 5.75 Å². The van der Waals surface area contributed by atoms with Crippen molar-refractivity contribution in [1.29, 1.82) is 0 Å². The molecule has 3 aromatic rings. The number of urea groups is 1. The van der Waals surface area contributed by atoms with Crippen LogP contribution in [-0.4, -0.2) is 18.5 Å². The molecule has 0 aliphatic rings. The summed E-state index contributed by atoms with van der Waals surface area (Å²) in [7, 11) is 0. The van der Waals surface area contributed by atoms with Gasteiger partial charge in [0.1, 0.15) is 5.82 Å². The van der Waals surface area contributed by atoms with Crippen molar-refractivity contribution in [3.8, 4) is 5.75 Å². The molecule has 0 radical (unpaired) electrons. The molecule has 0 heterocycles. The lowest BCUT2D eigenvalue weighted by atomic mass is 10.1. The molecule has 0 aliphatic heterocycles. The number of para-hydroxylation sites is 1. The molecule has 3 aromatic carbocycles. The Balaban J connectivity index is 1.39. The van der Waals surface area contributed by atoms with Crippen LogP contribution in [0.15, 0.2) is 72.8 Å². The lowest BCUT2D eigenvalue weighted by Gasteiger charge is -2.15. The van der Waals surface area contributed by atoms with Gasteiger partial charge in [0.05, 0.1) is 12.6 Å². The Morgan fingerprint density at radius 2 is 1.58 bits per heavy atom. The Labute approximate surface area is 191 Å². The quantitative estimate of drug-likeness (QED) is 0.367. The third-order valence-electron chi connectivity index (χ3n) is 4.78. The lowest BCUT2D eigenvalue weighted by Crippen LogP contribution is -2.26. The van der Waals surface area contributed by atoms with Gasteiger partial charge in [-0.3, -0.25) is 4.79 Å². The van der Waals surface area contributed by atoms with Gasteiger partial charge in [-0.25, -0.2) is 13.6 Å². The molecule has 6 nitrogen and oxygen atoms in total. The topological polar surface area (TPSA) is 79.5 Å². The van der Waals surface area contributed by atoms with Crippen molar-refractivity contribution in [3.05, 3.63) is 90.0 Å². The number of benzene rings is 3. The van der Waals surface area contributed by atoms with Gasteiger partial charge in [0.15, 0.2) is 11.6 Å². The number of carbonyl (C=O) groups is 2. The fourth-order valence-corrected chi connectivity index (χ4v) is 3.07. The van der Waals surface area contributed by atoms with Crippen molar-refractivity contribution in [2.45, 2.75) is 25.8 Å². The van der Waals surface area contributed by atoms with Crippen LogP contribution in [0.3, 0.4) is 0 Å². The van der Waals surface area contributed by atoms with Gasteiger partial charge in [0, 0.05) is 23.9 Å². The largest absolute Gasteiger partial charge is 0.491 e. The van der Waals surface area contributed by atoms with E-state index in [1.54, 1.807) is 24.3 Å². The summed E-state index contributed by atoms with van der Waals surface area (Å²) in [6.07, 6.45) is 0.585. The van der Waals surface area contributed by atoms with Crippen molar-refractivity contribution in [1.82, 2.24) is 5.32 Å². The SMILES string of the molecule is CC(NC(=O)CCCOc1ccc(F)cc1F)c1ccc(NC(=O)Nc2ccccc2)cc1. The molecule has 0 fully saturated rings. The maximum atomic E-state index is 13.5. The maximum Gasteiger partial charge on any atom is 0.323 e. The number of ether oxygens (including phenoxy) is 1. The molecule has 0 saturated heterocycles. The molecule has 33 heavy (non-hydrogen) atoms. The molecule has 0 bridgehead atoms. The highest BCUT2D eigenvalue weighted by atomic mass is 19.1. The first-order valence-corrected chi connectivity index (χ1v) is 10.5. The van der Waals surface area contributed by atoms with Crippen molar-refractivity contribution in [2.75, 3.05) is 17.2 Å². The number of nitrogens with one attached hydrogen (secondary N) is 3. The zero-order chi connectivity index (χ0) is 23.6. The summed E-state index contributed by atoms with van der Waals surface area (Å²) in [5.41, 5.74) is 2.19. The van der Waals surface area contributed by atoms with E-state index in [0.29, 0.717) is 17.8 Å². The second-order valence-corrected chi connectivity index (χ2v) is 7.38. The average molecular weight is 453 g/mol. The second kappa shape index (κ2) is 11.6. The molecule has 0 aliphatic carbocycles. The minimum atomic E-state index is -0.774. The average Bonchev–Trinajstić information content (AvgIpc) is 2.79. The van der Waals surface area contributed by atoms with Gasteiger partial charge in [-0.2, -0.15) is 0 Å². The zero-order valence-electron chi connectivity index (χ0n) is 18.1. The van der Waals surface area contributed by atoms with Gasteiger partial charge in [0.25, 0.3) is 0 Å². The van der Waals surface area contributed by atoms with Gasteiger partial charge in [0.2, 0.25) is 5.91 Å². The second-order valence-electron chi connectivity index (χ2n) is 7.38. The highest BCUT2D eigenvalue weighted by Crippen LogP contribution is 2.19. The number of carbonyl (C=O) groups excluding carboxylic acids is 2. The fourth-order valence-electron chi connectivity index (χ4n) is 3.07. The predicted octanol–water partition coefficient (Wildman–Crippen LogP) is 5.65. The number of amides is 3. The monoisotopic (exact) mass is 453 g/mol. The van der Waals surface area contributed by atoms with E-state index in [9.17, 15) is 18.4 Å². The van der Waals surface area contributed by atoms with Gasteiger partial charge >= 0.3 is 6.03 Å². The molecule has 3 amide bonds. The van der Waals surface area contributed by atoms with E-state index in [1.807, 2.05) is 37.3 Å². The molecule has 8 heteroatoms. The van der Waals surface area contributed by atoms with Crippen LogP contribution in [0.4, 0.5) is 25.0 Å². The molecule has 3 N–H and O–H groups in total. The first kappa shape index (κ1) is 23.7. The van der Waals surface area contributed by atoms with Crippen LogP contribution in [0.2, 0.25) is 0 Å². The summed E-state index contributed by atoms with van der Waals surface area (Å²) in [4.78, 5) is 24.2. The molecule has 3 rings (SSSR count). The minimum absolute atomic E-state index is 0.0451. The maximum absolute atomic E-state index is 13.5. The fraction of sp³-hybridized carbons (Fsp3) is 0.200. The molecule has 0 aromatic heterocycles. The van der Waals surface area contributed by atoms with Crippen LogP contribution in [-0.2, 0) is 4.79 Å². The molecule has 1 unspecified atom stereocenters. The van der Waals surface area contributed by atoms with Crippen LogP contribution >= 0.6 is 0 Å². The molecular weight excluding hydrogens is 428 g/mol. The molecule has 1 atom stereocenters. The Morgan fingerprint density at radius 3 is 2.24 bits per heavy atom. The van der Waals surface area contributed by atoms with Crippen molar-refractivity contribution >= 4 is 23.3 Å². The molecule has 0 saturated carbocycles. The summed E-state index contributed by atoms with van der Waals surface area (Å²) in [6.45, 7) is 1.99. The van der Waals surface area contributed by atoms with E-state index < -0.39 is 11.6 Å². The lowest BCUT2D eigenvalue weighted by molar-refractivity contribution is -0.121. The number of anilines is 2. The third kappa shape index (κ3) is 7.60. The van der Waals surface area contributed by atoms with E-state index in [1.165, 1.54) is 6.07 Å². The third-order valence-corrected chi connectivity index (χ3v) is 4.78. The molecule has 172 valence electrons. The highest BCUT2D eigenvalue weighted by molar-refractivity contribution is 5.99. The summed E-state index contributed by atoms with van der Waals surface area (Å²) < 4.78 is 31.7. The van der Waals surface area contributed by atoms with E-state index in [4.69, 9.17) is 4.74 Å². The van der Waals surface area contributed by atoms with E-state index in [0.717, 1.165) is 17.7 Å². The first-order chi connectivity index (χ1) is 15.9. The number of hydrogen-bond donors (Lipinski definition) is 3. The normalized spacial score (nSPS) is 11.4. The van der Waals surface area contributed by atoms with Crippen molar-refractivity contribution < 1.29 is 23.1 Å². The Hall–Kier alpha value is -3.94. The van der Waals surface area contributed by atoms with Crippen molar-refractivity contribution in [3.63, 3.8) is 0 Å². The number of rotatable bonds is 9. The Bertz CT molecular complexity index is 1080. The van der Waals surface area contributed by atoms with Gasteiger partial charge in [-0.15, -0.1) is 0 Å². The first-order valence-electron chi connectivity index (χ1n) is 10.5. The van der Waals surface area contributed by atoms with E-state index in [2.05, 4.69) is 16.0 Å². The standard InChI is InChI=1S/C25H25F2N3O3/c1-17(28-24(31)8-5-15-33-23-14-11-19(26)16-22(23)27)18-9-12-21(13-10-18)30-25(32)29-20-6-3-2-4-7-20/h2-4,6-7,9-14,16-17H,5,8,15H2,1H3,(H,28,31)(H2,29,30,32). The van der Waals surface area contributed by atoms with Gasteiger partial charge in [-0.1, -0.05) is 30.3 Å². The highest BCUT2D eigenvalue weighted by Gasteiger charge is 2.11. The van der Waals surface area contributed by atoms with Crippen LogP contribution in [0, 0.1) is 11.6 Å². The van der Waals surface area contributed by atoms with Crippen LogP contribution in [0.1, 0.15) is 31.4 Å². The Kier molecular flexibility index (Phi) is 8.35. The summed E-state index contributed by atoms with van der Waals surface area (Å²) >= 11 is 0. The molecular formula is C25H25F2N3O3. The number of hydrogen-bond acceptors (Lipinski definition) is 3. The van der Waals surface area contributed by atoms with Crippen molar-refractivity contribution in [2.24, 2.45) is 0 Å². The Morgan fingerprint density at radius 1 is 0.909 bits per heavy atom. The number of halogens is 2. The zero-order valence-corrected chi connectivity index (χ0v) is 18.1.